The third kappa shape index (κ3) is 3.11. The van der Waals surface area contributed by atoms with Crippen molar-refractivity contribution in [3.8, 4) is 11.5 Å². The summed E-state index contributed by atoms with van der Waals surface area (Å²) in [5.74, 6) is -0.887. The Kier molecular flexibility index (Phi) is 4.28. The van der Waals surface area contributed by atoms with Gasteiger partial charge in [-0.15, -0.1) is 0 Å². The SMILES string of the molecule is FC(F)(F)C(F)(c1ccccc1Oc1ccccc1)C(F)(F)F. The molecule has 0 heterocycles. The lowest BCUT2D eigenvalue weighted by molar-refractivity contribution is -0.349. The number of para-hydroxylation sites is 2. The third-order valence-corrected chi connectivity index (χ3v) is 3.01. The molecule has 0 atom stereocenters. The predicted molar refractivity (Wildman–Crippen MR) is 67.9 cm³/mol. The van der Waals surface area contributed by atoms with Crippen LogP contribution in [-0.4, -0.2) is 12.4 Å². The third-order valence-electron chi connectivity index (χ3n) is 3.01. The number of rotatable bonds is 3. The molecule has 0 saturated heterocycles. The van der Waals surface area contributed by atoms with Gasteiger partial charge in [-0.05, 0) is 18.2 Å². The van der Waals surface area contributed by atoms with Gasteiger partial charge in [0.1, 0.15) is 11.5 Å². The van der Waals surface area contributed by atoms with Gasteiger partial charge < -0.3 is 4.74 Å². The van der Waals surface area contributed by atoms with E-state index < -0.39 is 29.3 Å². The first-order chi connectivity index (χ1) is 10.6. The number of benzene rings is 2. The lowest BCUT2D eigenvalue weighted by atomic mass is 9.93. The van der Waals surface area contributed by atoms with E-state index in [1.54, 1.807) is 6.07 Å². The first-order valence-corrected chi connectivity index (χ1v) is 6.22. The zero-order chi connectivity index (χ0) is 17.3. The van der Waals surface area contributed by atoms with Crippen LogP contribution in [-0.2, 0) is 5.67 Å². The number of halogens is 7. The molecule has 2 aromatic carbocycles. The second-order valence-electron chi connectivity index (χ2n) is 4.57. The fourth-order valence-electron chi connectivity index (χ4n) is 1.92. The van der Waals surface area contributed by atoms with E-state index in [1.165, 1.54) is 24.3 Å². The van der Waals surface area contributed by atoms with Crippen LogP contribution in [0.3, 0.4) is 0 Å². The van der Waals surface area contributed by atoms with Gasteiger partial charge in [-0.25, -0.2) is 4.39 Å². The van der Waals surface area contributed by atoms with E-state index in [4.69, 9.17) is 4.74 Å². The number of ether oxygens (including phenoxy) is 1. The molecule has 2 aromatic rings. The maximum absolute atomic E-state index is 14.2. The zero-order valence-electron chi connectivity index (χ0n) is 11.3. The van der Waals surface area contributed by atoms with Gasteiger partial charge in [0.05, 0.1) is 5.56 Å². The fraction of sp³-hybridized carbons (Fsp3) is 0.200. The predicted octanol–water partition coefficient (Wildman–Crippen LogP) is 5.77. The molecule has 0 bridgehead atoms. The number of hydrogen-bond acceptors (Lipinski definition) is 1. The zero-order valence-corrected chi connectivity index (χ0v) is 11.3. The summed E-state index contributed by atoms with van der Waals surface area (Å²) in [6, 6.07) is 10.4. The minimum atomic E-state index is -6.19. The minimum absolute atomic E-state index is 0.0216. The van der Waals surface area contributed by atoms with Crippen molar-refractivity contribution in [3.05, 3.63) is 60.2 Å². The molecule has 0 aromatic heterocycles. The van der Waals surface area contributed by atoms with Gasteiger partial charge >= 0.3 is 18.0 Å². The fourth-order valence-corrected chi connectivity index (χ4v) is 1.92. The van der Waals surface area contributed by atoms with Crippen LogP contribution >= 0.6 is 0 Å². The Morgan fingerprint density at radius 1 is 0.609 bits per heavy atom. The van der Waals surface area contributed by atoms with Gasteiger partial charge in [0.15, 0.2) is 0 Å². The van der Waals surface area contributed by atoms with Crippen molar-refractivity contribution in [2.24, 2.45) is 0 Å². The number of hydrogen-bond donors (Lipinski definition) is 0. The highest BCUT2D eigenvalue weighted by molar-refractivity contribution is 5.43. The van der Waals surface area contributed by atoms with Gasteiger partial charge in [0.2, 0.25) is 0 Å². The summed E-state index contributed by atoms with van der Waals surface area (Å²) >= 11 is 0. The molecule has 0 saturated carbocycles. The second-order valence-corrected chi connectivity index (χ2v) is 4.57. The van der Waals surface area contributed by atoms with Crippen LogP contribution in [0, 0.1) is 0 Å². The van der Waals surface area contributed by atoms with Crippen molar-refractivity contribution in [2.75, 3.05) is 0 Å². The van der Waals surface area contributed by atoms with Crippen molar-refractivity contribution in [3.63, 3.8) is 0 Å². The van der Waals surface area contributed by atoms with Crippen molar-refractivity contribution in [1.29, 1.82) is 0 Å². The molecule has 0 aliphatic carbocycles. The summed E-state index contributed by atoms with van der Waals surface area (Å²) in [4.78, 5) is 0. The largest absolute Gasteiger partial charge is 0.457 e. The summed E-state index contributed by atoms with van der Waals surface area (Å²) < 4.78 is 96.3. The van der Waals surface area contributed by atoms with E-state index in [0.29, 0.717) is 6.07 Å². The maximum Gasteiger partial charge on any atom is 0.436 e. The minimum Gasteiger partial charge on any atom is -0.457 e. The quantitative estimate of drug-likeness (QED) is 0.646. The molecule has 124 valence electrons. The lowest BCUT2D eigenvalue weighted by Crippen LogP contribution is -2.50. The van der Waals surface area contributed by atoms with Gasteiger partial charge in [-0.2, -0.15) is 26.3 Å². The van der Waals surface area contributed by atoms with E-state index in [9.17, 15) is 30.7 Å². The molecule has 0 unspecified atom stereocenters. The van der Waals surface area contributed by atoms with E-state index in [1.807, 2.05) is 0 Å². The lowest BCUT2D eigenvalue weighted by Gasteiger charge is -2.31. The monoisotopic (exact) mass is 338 g/mol. The molecule has 8 heteroatoms. The Morgan fingerprint density at radius 2 is 1.09 bits per heavy atom. The van der Waals surface area contributed by atoms with Gasteiger partial charge in [-0.3, -0.25) is 0 Å². The molecule has 1 nitrogen and oxygen atoms in total. The van der Waals surface area contributed by atoms with Crippen LogP contribution in [0.15, 0.2) is 54.6 Å². The molecule has 0 fully saturated rings. The summed E-state index contributed by atoms with van der Waals surface area (Å²) in [6.07, 6.45) is -12.4. The average Bonchev–Trinajstić information content (AvgIpc) is 2.46. The number of alkyl halides is 7. The molecule has 0 N–H and O–H groups in total. The normalized spacial score (nSPS) is 13.0. The molecule has 0 spiro atoms. The Hall–Kier alpha value is -2.25. The summed E-state index contributed by atoms with van der Waals surface area (Å²) in [7, 11) is 0. The van der Waals surface area contributed by atoms with Gasteiger partial charge in [0, 0.05) is 0 Å². The second kappa shape index (κ2) is 5.75. The van der Waals surface area contributed by atoms with E-state index in [0.717, 1.165) is 18.2 Å². The van der Waals surface area contributed by atoms with Crippen LogP contribution in [0.25, 0.3) is 0 Å². The standard InChI is InChI=1S/C15H9F7O/c16-13(14(17,18)19,15(20,21)22)11-8-4-5-9-12(11)23-10-6-2-1-3-7-10/h1-9H. The summed E-state index contributed by atoms with van der Waals surface area (Å²) in [5, 5.41) is 0. The molecule has 0 radical (unpaired) electrons. The van der Waals surface area contributed by atoms with Gasteiger partial charge in [0.25, 0.3) is 0 Å². The Labute approximate surface area is 126 Å². The molecule has 2 rings (SSSR count). The highest BCUT2D eigenvalue weighted by Gasteiger charge is 2.74. The molecule has 0 amide bonds. The van der Waals surface area contributed by atoms with Crippen molar-refractivity contribution >= 4 is 0 Å². The average molecular weight is 338 g/mol. The first kappa shape index (κ1) is 17.1. The van der Waals surface area contributed by atoms with Crippen molar-refractivity contribution in [2.45, 2.75) is 18.0 Å². The molecule has 0 aliphatic rings. The van der Waals surface area contributed by atoms with E-state index in [2.05, 4.69) is 0 Å². The van der Waals surface area contributed by atoms with Crippen molar-refractivity contribution < 1.29 is 35.5 Å². The first-order valence-electron chi connectivity index (χ1n) is 6.22. The van der Waals surface area contributed by atoms with Crippen LogP contribution in [0.2, 0.25) is 0 Å². The Balaban J connectivity index is 2.58. The van der Waals surface area contributed by atoms with E-state index in [-0.39, 0.29) is 5.75 Å². The summed E-state index contributed by atoms with van der Waals surface area (Å²) in [5.41, 5.74) is -7.19. The Morgan fingerprint density at radius 3 is 1.61 bits per heavy atom. The van der Waals surface area contributed by atoms with Gasteiger partial charge in [-0.1, -0.05) is 36.4 Å². The topological polar surface area (TPSA) is 9.23 Å². The smallest absolute Gasteiger partial charge is 0.436 e. The maximum atomic E-state index is 14.2. The summed E-state index contributed by atoms with van der Waals surface area (Å²) in [6.45, 7) is 0. The highest BCUT2D eigenvalue weighted by Crippen LogP contribution is 2.55. The molecule has 23 heavy (non-hydrogen) atoms. The molecular formula is C15H9F7O. The Bertz CT molecular complexity index is 648. The van der Waals surface area contributed by atoms with E-state index >= 15 is 0 Å². The van der Waals surface area contributed by atoms with Crippen LogP contribution in [0.4, 0.5) is 30.7 Å². The van der Waals surface area contributed by atoms with Crippen LogP contribution in [0.5, 0.6) is 11.5 Å². The highest BCUT2D eigenvalue weighted by atomic mass is 19.4. The molecular weight excluding hydrogens is 329 g/mol. The van der Waals surface area contributed by atoms with Crippen LogP contribution < -0.4 is 4.74 Å². The van der Waals surface area contributed by atoms with Crippen LogP contribution in [0.1, 0.15) is 5.56 Å². The van der Waals surface area contributed by atoms with Crippen molar-refractivity contribution in [1.82, 2.24) is 0 Å². The molecule has 0 aliphatic heterocycles.